The predicted molar refractivity (Wildman–Crippen MR) is 114 cm³/mol. The van der Waals surface area contributed by atoms with E-state index in [-0.39, 0.29) is 11.8 Å². The fraction of sp³-hybridized carbons (Fsp3) is 0.391. The number of anilines is 2. The van der Waals surface area contributed by atoms with Gasteiger partial charge in [0.2, 0.25) is 11.8 Å². The van der Waals surface area contributed by atoms with Crippen LogP contribution in [-0.2, 0) is 16.0 Å². The molecule has 0 unspecified atom stereocenters. The van der Waals surface area contributed by atoms with Crippen LogP contribution in [-0.4, -0.2) is 49.4 Å². The summed E-state index contributed by atoms with van der Waals surface area (Å²) in [6.07, 6.45) is 1.21. The number of hydrogen-bond acceptors (Lipinski definition) is 3. The highest BCUT2D eigenvalue weighted by atomic mass is 16.2. The van der Waals surface area contributed by atoms with Crippen molar-refractivity contribution < 1.29 is 9.59 Å². The Morgan fingerprint density at radius 3 is 2.21 bits per heavy atom. The maximum absolute atomic E-state index is 12.7. The molecule has 0 N–H and O–H groups in total. The van der Waals surface area contributed by atoms with E-state index in [0.717, 1.165) is 43.9 Å². The van der Waals surface area contributed by atoms with Crippen LogP contribution in [0, 0.1) is 0 Å². The zero-order valence-electron chi connectivity index (χ0n) is 16.8. The third kappa shape index (κ3) is 4.71. The van der Waals surface area contributed by atoms with Crippen molar-refractivity contribution in [3.63, 3.8) is 0 Å². The molecule has 28 heavy (non-hydrogen) atoms. The zero-order chi connectivity index (χ0) is 19.9. The number of aryl methyl sites for hydroxylation is 1. The molecule has 5 nitrogen and oxygen atoms in total. The highest BCUT2D eigenvalue weighted by Crippen LogP contribution is 2.22. The number of carbonyl (C=O) groups is 2. The van der Waals surface area contributed by atoms with Crippen molar-refractivity contribution in [1.82, 2.24) is 4.90 Å². The molecular formula is C23H29N3O2. The molecule has 1 fully saturated rings. The quantitative estimate of drug-likeness (QED) is 0.773. The minimum Gasteiger partial charge on any atom is -0.368 e. The number of nitrogens with zero attached hydrogens (tertiary/aromatic N) is 3. The Bertz CT molecular complexity index is 799. The Morgan fingerprint density at radius 2 is 1.57 bits per heavy atom. The summed E-state index contributed by atoms with van der Waals surface area (Å²) in [5, 5.41) is 0. The highest BCUT2D eigenvalue weighted by Gasteiger charge is 2.23. The highest BCUT2D eigenvalue weighted by molar-refractivity contribution is 5.93. The third-order valence-electron chi connectivity index (χ3n) is 5.35. The minimum atomic E-state index is -0.0254. The van der Waals surface area contributed by atoms with Gasteiger partial charge in [0.15, 0.2) is 0 Å². The Kier molecular flexibility index (Phi) is 6.69. The van der Waals surface area contributed by atoms with Gasteiger partial charge in [-0.25, -0.2) is 0 Å². The van der Waals surface area contributed by atoms with Crippen LogP contribution in [0.15, 0.2) is 54.6 Å². The number of rotatable bonds is 6. The predicted octanol–water partition coefficient (Wildman–Crippen LogP) is 3.34. The van der Waals surface area contributed by atoms with E-state index in [1.807, 2.05) is 47.4 Å². The first-order chi connectivity index (χ1) is 13.6. The maximum atomic E-state index is 12.7. The van der Waals surface area contributed by atoms with E-state index in [2.05, 4.69) is 24.0 Å². The van der Waals surface area contributed by atoms with Crippen molar-refractivity contribution in [2.45, 2.75) is 26.7 Å². The molecule has 2 amide bonds. The molecule has 0 aromatic heterocycles. The Morgan fingerprint density at radius 1 is 0.929 bits per heavy atom. The van der Waals surface area contributed by atoms with Gasteiger partial charge in [-0.15, -0.1) is 0 Å². The summed E-state index contributed by atoms with van der Waals surface area (Å²) in [6.45, 7) is 7.18. The van der Waals surface area contributed by atoms with Gasteiger partial charge >= 0.3 is 0 Å². The van der Waals surface area contributed by atoms with Gasteiger partial charge in [0.25, 0.3) is 0 Å². The van der Waals surface area contributed by atoms with Gasteiger partial charge < -0.3 is 14.7 Å². The molecule has 1 aliphatic rings. The normalized spacial score (nSPS) is 14.1. The molecule has 0 aliphatic carbocycles. The van der Waals surface area contributed by atoms with Gasteiger partial charge in [-0.05, 0) is 30.2 Å². The summed E-state index contributed by atoms with van der Waals surface area (Å²) in [5.74, 6) is 0.0931. The Labute approximate surface area is 167 Å². The van der Waals surface area contributed by atoms with Crippen LogP contribution in [0.2, 0.25) is 0 Å². The van der Waals surface area contributed by atoms with Crippen LogP contribution in [0.4, 0.5) is 11.4 Å². The summed E-state index contributed by atoms with van der Waals surface area (Å²) in [7, 11) is 0. The Balaban J connectivity index is 1.56. The van der Waals surface area contributed by atoms with E-state index in [1.54, 1.807) is 11.8 Å². The monoisotopic (exact) mass is 379 g/mol. The van der Waals surface area contributed by atoms with Gasteiger partial charge in [0.1, 0.15) is 0 Å². The third-order valence-corrected chi connectivity index (χ3v) is 5.35. The first-order valence-electron chi connectivity index (χ1n) is 10.0. The van der Waals surface area contributed by atoms with Crippen molar-refractivity contribution in [1.29, 1.82) is 0 Å². The molecule has 148 valence electrons. The average Bonchev–Trinajstić information content (AvgIpc) is 2.74. The van der Waals surface area contributed by atoms with Crippen LogP contribution in [0.1, 0.15) is 25.8 Å². The SMILES string of the molecule is CCc1ccccc1N(CCC(=O)N1CCN(c2ccccc2)CC1)C(C)=O. The second-order valence-electron chi connectivity index (χ2n) is 7.11. The number of piperazine rings is 1. The summed E-state index contributed by atoms with van der Waals surface area (Å²) in [6, 6.07) is 18.2. The van der Waals surface area contributed by atoms with Gasteiger partial charge in [-0.3, -0.25) is 9.59 Å². The fourth-order valence-electron chi connectivity index (χ4n) is 3.74. The van der Waals surface area contributed by atoms with Gasteiger partial charge in [0, 0.05) is 57.4 Å². The number of benzene rings is 2. The van der Waals surface area contributed by atoms with Crippen molar-refractivity contribution in [2.24, 2.45) is 0 Å². The number of hydrogen-bond donors (Lipinski definition) is 0. The largest absolute Gasteiger partial charge is 0.368 e. The summed E-state index contributed by atoms with van der Waals surface area (Å²) in [5.41, 5.74) is 3.24. The molecule has 2 aromatic rings. The van der Waals surface area contributed by atoms with Gasteiger partial charge in [-0.2, -0.15) is 0 Å². The molecule has 1 saturated heterocycles. The molecule has 0 atom stereocenters. The number of para-hydroxylation sites is 2. The fourth-order valence-corrected chi connectivity index (χ4v) is 3.74. The molecule has 1 aliphatic heterocycles. The van der Waals surface area contributed by atoms with Crippen molar-refractivity contribution in [3.8, 4) is 0 Å². The van der Waals surface area contributed by atoms with Crippen LogP contribution in [0.25, 0.3) is 0 Å². The minimum absolute atomic E-state index is 0.0254. The molecular weight excluding hydrogens is 350 g/mol. The molecule has 0 radical (unpaired) electrons. The van der Waals surface area contributed by atoms with Crippen molar-refractivity contribution in [3.05, 3.63) is 60.2 Å². The van der Waals surface area contributed by atoms with E-state index in [1.165, 1.54) is 5.69 Å². The average molecular weight is 380 g/mol. The van der Waals surface area contributed by atoms with E-state index in [9.17, 15) is 9.59 Å². The standard InChI is InChI=1S/C23H29N3O2/c1-3-20-9-7-8-12-22(20)26(19(2)27)14-13-23(28)25-17-15-24(16-18-25)21-10-5-4-6-11-21/h4-12H,3,13-18H2,1-2H3. The molecule has 0 saturated carbocycles. The second kappa shape index (κ2) is 9.40. The molecule has 0 spiro atoms. The molecule has 1 heterocycles. The number of carbonyl (C=O) groups excluding carboxylic acids is 2. The molecule has 0 bridgehead atoms. The maximum Gasteiger partial charge on any atom is 0.224 e. The lowest BCUT2D eigenvalue weighted by molar-refractivity contribution is -0.131. The molecule has 3 rings (SSSR count). The summed E-state index contributed by atoms with van der Waals surface area (Å²) >= 11 is 0. The van der Waals surface area contributed by atoms with Gasteiger partial charge in [0.05, 0.1) is 0 Å². The molecule has 5 heteroatoms. The number of amides is 2. The lowest BCUT2D eigenvalue weighted by atomic mass is 10.1. The topological polar surface area (TPSA) is 43.9 Å². The van der Waals surface area contributed by atoms with Crippen LogP contribution in [0.5, 0.6) is 0 Å². The van der Waals surface area contributed by atoms with E-state index >= 15 is 0 Å². The van der Waals surface area contributed by atoms with Crippen LogP contribution < -0.4 is 9.80 Å². The van der Waals surface area contributed by atoms with Gasteiger partial charge in [-0.1, -0.05) is 43.3 Å². The summed E-state index contributed by atoms with van der Waals surface area (Å²) in [4.78, 5) is 30.9. The Hall–Kier alpha value is -2.82. The van der Waals surface area contributed by atoms with Crippen LogP contribution >= 0.6 is 0 Å². The van der Waals surface area contributed by atoms with E-state index in [0.29, 0.717) is 13.0 Å². The van der Waals surface area contributed by atoms with Crippen molar-refractivity contribution in [2.75, 3.05) is 42.5 Å². The lowest BCUT2D eigenvalue weighted by Gasteiger charge is -2.36. The zero-order valence-corrected chi connectivity index (χ0v) is 16.8. The van der Waals surface area contributed by atoms with Crippen molar-refractivity contribution >= 4 is 23.2 Å². The second-order valence-corrected chi connectivity index (χ2v) is 7.11. The first-order valence-corrected chi connectivity index (χ1v) is 10.0. The van der Waals surface area contributed by atoms with Crippen LogP contribution in [0.3, 0.4) is 0 Å². The van der Waals surface area contributed by atoms with E-state index in [4.69, 9.17) is 0 Å². The molecule has 2 aromatic carbocycles. The summed E-state index contributed by atoms with van der Waals surface area (Å²) < 4.78 is 0. The lowest BCUT2D eigenvalue weighted by Crippen LogP contribution is -2.49. The first kappa shape index (κ1) is 19.9. The smallest absolute Gasteiger partial charge is 0.224 e. The van der Waals surface area contributed by atoms with E-state index < -0.39 is 0 Å².